The lowest BCUT2D eigenvalue weighted by molar-refractivity contribution is -0.123. The quantitative estimate of drug-likeness (QED) is 0.532. The van der Waals surface area contributed by atoms with E-state index < -0.39 is 0 Å². The van der Waals surface area contributed by atoms with E-state index in [0.717, 1.165) is 76.0 Å². The summed E-state index contributed by atoms with van der Waals surface area (Å²) in [7, 11) is 0. The fourth-order valence-electron chi connectivity index (χ4n) is 4.60. The molecule has 32 heavy (non-hydrogen) atoms. The van der Waals surface area contributed by atoms with E-state index in [2.05, 4.69) is 39.2 Å². The van der Waals surface area contributed by atoms with Gasteiger partial charge in [0, 0.05) is 43.4 Å². The molecule has 1 aromatic carbocycles. The summed E-state index contributed by atoms with van der Waals surface area (Å²) >= 11 is 6.32. The van der Waals surface area contributed by atoms with Crippen LogP contribution in [0.3, 0.4) is 0 Å². The van der Waals surface area contributed by atoms with Crippen LogP contribution in [0.1, 0.15) is 57.6 Å². The number of ether oxygens (including phenoxy) is 1. The predicted molar refractivity (Wildman–Crippen MR) is 129 cm³/mol. The number of hydrogen-bond acceptors (Lipinski definition) is 6. The second-order valence-electron chi connectivity index (χ2n) is 8.81. The number of anilines is 3. The first kappa shape index (κ1) is 23.0. The molecule has 2 aliphatic rings. The van der Waals surface area contributed by atoms with Gasteiger partial charge in [-0.2, -0.15) is 0 Å². The third-order valence-electron chi connectivity index (χ3n) is 6.48. The monoisotopic (exact) mass is 456 g/mol. The molecule has 1 aromatic heterocycles. The van der Waals surface area contributed by atoms with Crippen LogP contribution in [0, 0.1) is 5.92 Å². The summed E-state index contributed by atoms with van der Waals surface area (Å²) in [6, 6.07) is 8.33. The Labute approximate surface area is 195 Å². The average molecular weight is 457 g/mol. The molecule has 0 unspecified atom stereocenters. The zero-order chi connectivity index (χ0) is 22.3. The van der Waals surface area contributed by atoms with Gasteiger partial charge in [-0.15, -0.1) is 0 Å². The summed E-state index contributed by atoms with van der Waals surface area (Å²) in [6.45, 7) is 4.80. The Balaban J connectivity index is 1.32. The van der Waals surface area contributed by atoms with Gasteiger partial charge in [-0.3, -0.25) is 4.79 Å². The summed E-state index contributed by atoms with van der Waals surface area (Å²) in [5, 5.41) is 3.89. The highest BCUT2D eigenvalue weighted by Gasteiger charge is 2.24. The van der Waals surface area contributed by atoms with Crippen molar-refractivity contribution >= 4 is 34.7 Å². The third-order valence-corrected chi connectivity index (χ3v) is 6.79. The zero-order valence-corrected chi connectivity index (χ0v) is 19.6. The standard InChI is InChI=1S/C25H33ClN4O2/c1-2-4-24(31)18-12-14-30(15-13-18)20-8-6-19(7-9-20)28-25-27-17-22(26)23(29-25)11-10-21-5-3-16-32-21/h6-9,17-18,21H,2-5,10-16H2,1H3,(H,27,28,29)/t21-/m0/s1. The number of halogens is 1. The smallest absolute Gasteiger partial charge is 0.227 e. The Hall–Kier alpha value is -2.18. The number of carbonyl (C=O) groups is 1. The molecule has 0 bridgehead atoms. The molecule has 0 saturated carbocycles. The summed E-state index contributed by atoms with van der Waals surface area (Å²) in [5.41, 5.74) is 2.98. The Bertz CT molecular complexity index is 891. The Morgan fingerprint density at radius 2 is 2.00 bits per heavy atom. The molecule has 0 spiro atoms. The molecule has 6 nitrogen and oxygen atoms in total. The highest BCUT2D eigenvalue weighted by Crippen LogP contribution is 2.27. The Morgan fingerprint density at radius 1 is 1.22 bits per heavy atom. The van der Waals surface area contributed by atoms with Crippen LogP contribution in [0.4, 0.5) is 17.3 Å². The summed E-state index contributed by atoms with van der Waals surface area (Å²) in [5.74, 6) is 1.23. The molecular weight excluding hydrogens is 424 g/mol. The van der Waals surface area contributed by atoms with Crippen molar-refractivity contribution in [3.63, 3.8) is 0 Å². The van der Waals surface area contributed by atoms with Gasteiger partial charge in [0.2, 0.25) is 5.95 Å². The van der Waals surface area contributed by atoms with Gasteiger partial charge >= 0.3 is 0 Å². The van der Waals surface area contributed by atoms with Crippen LogP contribution in [-0.4, -0.2) is 41.6 Å². The maximum absolute atomic E-state index is 12.2. The molecule has 4 rings (SSSR count). The normalized spacial score (nSPS) is 19.3. The Morgan fingerprint density at radius 3 is 2.69 bits per heavy atom. The van der Waals surface area contributed by atoms with Crippen LogP contribution in [0.5, 0.6) is 0 Å². The van der Waals surface area contributed by atoms with Gasteiger partial charge in [0.25, 0.3) is 0 Å². The number of nitrogens with zero attached hydrogens (tertiary/aromatic N) is 3. The molecule has 2 fully saturated rings. The molecule has 2 aliphatic heterocycles. The van der Waals surface area contributed by atoms with Crippen molar-refractivity contribution in [2.45, 2.75) is 64.4 Å². The molecule has 172 valence electrons. The second kappa shape index (κ2) is 11.1. The van der Waals surface area contributed by atoms with Gasteiger partial charge in [0.1, 0.15) is 5.78 Å². The zero-order valence-electron chi connectivity index (χ0n) is 18.9. The van der Waals surface area contributed by atoms with E-state index in [1.165, 1.54) is 5.69 Å². The van der Waals surface area contributed by atoms with E-state index in [4.69, 9.17) is 16.3 Å². The maximum Gasteiger partial charge on any atom is 0.227 e. The Kier molecular flexibility index (Phi) is 7.98. The van der Waals surface area contributed by atoms with Crippen molar-refractivity contribution in [1.82, 2.24) is 9.97 Å². The number of nitrogens with one attached hydrogen (secondary N) is 1. The van der Waals surface area contributed by atoms with Crippen LogP contribution < -0.4 is 10.2 Å². The van der Waals surface area contributed by atoms with Gasteiger partial charge in [-0.05, 0) is 69.2 Å². The number of Topliss-reactive ketones (excluding diaryl/α,β-unsaturated/α-hetero) is 1. The first-order valence-corrected chi connectivity index (χ1v) is 12.3. The number of aryl methyl sites for hydroxylation is 1. The molecule has 0 radical (unpaired) electrons. The maximum atomic E-state index is 12.2. The van der Waals surface area contributed by atoms with E-state index in [-0.39, 0.29) is 5.92 Å². The minimum Gasteiger partial charge on any atom is -0.378 e. The van der Waals surface area contributed by atoms with E-state index in [0.29, 0.717) is 29.3 Å². The molecule has 1 atom stereocenters. The van der Waals surface area contributed by atoms with Gasteiger partial charge in [-0.25, -0.2) is 9.97 Å². The topological polar surface area (TPSA) is 67.4 Å². The summed E-state index contributed by atoms with van der Waals surface area (Å²) in [4.78, 5) is 23.5. The number of ketones is 1. The summed E-state index contributed by atoms with van der Waals surface area (Å²) in [6.07, 6.45) is 9.53. The van der Waals surface area contributed by atoms with Crippen LogP contribution in [0.2, 0.25) is 5.02 Å². The number of carbonyl (C=O) groups excluding carboxylic acids is 1. The second-order valence-corrected chi connectivity index (χ2v) is 9.22. The van der Waals surface area contributed by atoms with Gasteiger partial charge in [0.15, 0.2) is 0 Å². The van der Waals surface area contributed by atoms with Crippen molar-refractivity contribution in [2.24, 2.45) is 5.92 Å². The SMILES string of the molecule is CCCC(=O)C1CCN(c2ccc(Nc3ncc(Cl)c(CC[C@@H]4CCCO4)n3)cc2)CC1. The molecule has 0 amide bonds. The highest BCUT2D eigenvalue weighted by molar-refractivity contribution is 6.31. The predicted octanol–water partition coefficient (Wildman–Crippen LogP) is 5.57. The molecule has 0 aliphatic carbocycles. The van der Waals surface area contributed by atoms with E-state index in [1.54, 1.807) is 6.20 Å². The lowest BCUT2D eigenvalue weighted by Crippen LogP contribution is -2.36. The molecular formula is C25H33ClN4O2. The van der Waals surface area contributed by atoms with E-state index in [1.807, 2.05) is 12.1 Å². The number of piperidine rings is 1. The minimum absolute atomic E-state index is 0.239. The van der Waals surface area contributed by atoms with Gasteiger partial charge in [0.05, 0.1) is 23.0 Å². The van der Waals surface area contributed by atoms with Gasteiger partial charge < -0.3 is 15.0 Å². The van der Waals surface area contributed by atoms with Crippen LogP contribution in [-0.2, 0) is 16.0 Å². The van der Waals surface area contributed by atoms with Crippen LogP contribution >= 0.6 is 11.6 Å². The van der Waals surface area contributed by atoms with Crippen LogP contribution in [0.15, 0.2) is 30.5 Å². The van der Waals surface area contributed by atoms with Crippen molar-refractivity contribution in [3.8, 4) is 0 Å². The lowest BCUT2D eigenvalue weighted by atomic mass is 9.90. The van der Waals surface area contributed by atoms with Crippen molar-refractivity contribution in [3.05, 3.63) is 41.2 Å². The fourth-order valence-corrected chi connectivity index (χ4v) is 4.79. The number of hydrogen-bond donors (Lipinski definition) is 1. The number of rotatable bonds is 9. The number of benzene rings is 1. The molecule has 7 heteroatoms. The third kappa shape index (κ3) is 5.99. The first-order chi connectivity index (χ1) is 15.6. The molecule has 2 aromatic rings. The highest BCUT2D eigenvalue weighted by atomic mass is 35.5. The fraction of sp³-hybridized carbons (Fsp3) is 0.560. The van der Waals surface area contributed by atoms with Gasteiger partial charge in [-0.1, -0.05) is 18.5 Å². The molecule has 3 heterocycles. The van der Waals surface area contributed by atoms with Crippen molar-refractivity contribution < 1.29 is 9.53 Å². The van der Waals surface area contributed by atoms with Crippen molar-refractivity contribution in [1.29, 1.82) is 0 Å². The first-order valence-electron chi connectivity index (χ1n) is 11.9. The lowest BCUT2D eigenvalue weighted by Gasteiger charge is -2.33. The summed E-state index contributed by atoms with van der Waals surface area (Å²) < 4.78 is 5.71. The van der Waals surface area contributed by atoms with E-state index in [9.17, 15) is 4.79 Å². The largest absolute Gasteiger partial charge is 0.378 e. The van der Waals surface area contributed by atoms with E-state index >= 15 is 0 Å². The van der Waals surface area contributed by atoms with Crippen molar-refractivity contribution in [2.75, 3.05) is 29.9 Å². The molecule has 1 N–H and O–H groups in total. The molecule has 2 saturated heterocycles. The van der Waals surface area contributed by atoms with Crippen LogP contribution in [0.25, 0.3) is 0 Å². The number of aromatic nitrogens is 2. The minimum atomic E-state index is 0.239. The average Bonchev–Trinajstić information content (AvgIpc) is 3.34.